The van der Waals surface area contributed by atoms with E-state index in [1.807, 2.05) is 22.7 Å². The summed E-state index contributed by atoms with van der Waals surface area (Å²) in [5.74, 6) is 0. The molecule has 4 nitrogen and oxygen atoms in total. The Hall–Kier alpha value is -2.36. The van der Waals surface area contributed by atoms with Gasteiger partial charge in [-0.15, -0.1) is 0 Å². The van der Waals surface area contributed by atoms with E-state index < -0.39 is 0 Å². The average molecular weight is 212 g/mol. The van der Waals surface area contributed by atoms with E-state index in [4.69, 9.17) is 0 Å². The molecule has 1 N–H and O–H groups in total. The number of aromatic nitrogens is 2. The highest BCUT2D eigenvalue weighted by atomic mass is 16.1. The van der Waals surface area contributed by atoms with Crippen LogP contribution in [0.3, 0.4) is 0 Å². The Kier molecular flexibility index (Phi) is 1.71. The molecule has 2 heterocycles. The molecule has 0 bridgehead atoms. The van der Waals surface area contributed by atoms with Crippen LogP contribution in [0.15, 0.2) is 41.3 Å². The molecule has 0 atom stereocenters. The normalized spacial score (nSPS) is 11.0. The van der Waals surface area contributed by atoms with Gasteiger partial charge in [0.15, 0.2) is 0 Å². The Morgan fingerprint density at radius 2 is 2.06 bits per heavy atom. The van der Waals surface area contributed by atoms with Gasteiger partial charge in [0.05, 0.1) is 11.0 Å². The van der Waals surface area contributed by atoms with E-state index in [0.29, 0.717) is 16.6 Å². The molecule has 0 saturated heterocycles. The van der Waals surface area contributed by atoms with Gasteiger partial charge in [0, 0.05) is 11.8 Å². The minimum Gasteiger partial charge on any atom is -0.319 e. The number of H-pyrrole nitrogens is 1. The number of rotatable bonds is 1. The number of carbonyl (C=O) groups is 1. The molecule has 0 unspecified atom stereocenters. The standard InChI is InChI=1S/C12H8N2O2/c15-7-8-3-4-10-9(6-8)13-12(16)11-2-1-5-14(10)11/h1-7H,(H,13,16). The van der Waals surface area contributed by atoms with Crippen LogP contribution in [0, 0.1) is 0 Å². The van der Waals surface area contributed by atoms with Crippen LogP contribution in [0.25, 0.3) is 16.6 Å². The molecule has 0 aliphatic carbocycles. The minimum absolute atomic E-state index is 0.152. The topological polar surface area (TPSA) is 54.3 Å². The van der Waals surface area contributed by atoms with Crippen molar-refractivity contribution in [2.45, 2.75) is 0 Å². The molecule has 78 valence electrons. The summed E-state index contributed by atoms with van der Waals surface area (Å²) < 4.78 is 1.81. The molecule has 0 amide bonds. The SMILES string of the molecule is O=Cc1ccc2c(c1)[nH]c(=O)c1cccn12. The highest BCUT2D eigenvalue weighted by Gasteiger charge is 2.04. The van der Waals surface area contributed by atoms with Crippen LogP contribution in [-0.2, 0) is 0 Å². The van der Waals surface area contributed by atoms with E-state index in [0.717, 1.165) is 11.8 Å². The predicted octanol–water partition coefficient (Wildman–Crippen LogP) is 1.59. The summed E-state index contributed by atoms with van der Waals surface area (Å²) in [5.41, 5.74) is 2.55. The minimum atomic E-state index is -0.152. The maximum atomic E-state index is 11.7. The molecular formula is C12H8N2O2. The highest BCUT2D eigenvalue weighted by Crippen LogP contribution is 2.13. The van der Waals surface area contributed by atoms with Crippen molar-refractivity contribution in [3.05, 3.63) is 52.4 Å². The average Bonchev–Trinajstić information content (AvgIpc) is 2.78. The first-order valence-corrected chi connectivity index (χ1v) is 4.88. The number of carbonyl (C=O) groups excluding carboxylic acids is 1. The van der Waals surface area contributed by atoms with Crippen LogP contribution in [0.2, 0.25) is 0 Å². The summed E-state index contributed by atoms with van der Waals surface area (Å²) in [7, 11) is 0. The van der Waals surface area contributed by atoms with Crippen molar-refractivity contribution in [1.29, 1.82) is 0 Å². The largest absolute Gasteiger partial charge is 0.319 e. The van der Waals surface area contributed by atoms with E-state index in [1.165, 1.54) is 0 Å². The van der Waals surface area contributed by atoms with Gasteiger partial charge in [-0.25, -0.2) is 0 Å². The molecule has 4 heteroatoms. The first kappa shape index (κ1) is 8.91. The third-order valence-corrected chi connectivity index (χ3v) is 2.65. The molecule has 0 spiro atoms. The third kappa shape index (κ3) is 1.10. The molecule has 0 saturated carbocycles. The fraction of sp³-hybridized carbons (Fsp3) is 0. The van der Waals surface area contributed by atoms with Gasteiger partial charge in [0.25, 0.3) is 5.56 Å². The van der Waals surface area contributed by atoms with E-state index in [-0.39, 0.29) is 5.56 Å². The predicted molar refractivity (Wildman–Crippen MR) is 60.9 cm³/mol. The molecule has 2 aromatic heterocycles. The Morgan fingerprint density at radius 3 is 2.88 bits per heavy atom. The molecule has 3 aromatic rings. The van der Waals surface area contributed by atoms with Gasteiger partial charge in [0.2, 0.25) is 0 Å². The van der Waals surface area contributed by atoms with Crippen molar-refractivity contribution in [3.8, 4) is 0 Å². The maximum absolute atomic E-state index is 11.7. The lowest BCUT2D eigenvalue weighted by molar-refractivity contribution is 0.112. The Bertz CT molecular complexity index is 752. The summed E-state index contributed by atoms with van der Waals surface area (Å²) in [5, 5.41) is 0. The number of nitrogens with zero attached hydrogens (tertiary/aromatic N) is 1. The smallest absolute Gasteiger partial charge is 0.272 e. The molecule has 16 heavy (non-hydrogen) atoms. The number of aromatic amines is 1. The number of hydrogen-bond donors (Lipinski definition) is 1. The lowest BCUT2D eigenvalue weighted by atomic mass is 10.2. The number of hydrogen-bond acceptors (Lipinski definition) is 2. The van der Waals surface area contributed by atoms with Crippen LogP contribution in [-0.4, -0.2) is 15.7 Å². The summed E-state index contributed by atoms with van der Waals surface area (Å²) in [6, 6.07) is 8.79. The van der Waals surface area contributed by atoms with Crippen molar-refractivity contribution in [3.63, 3.8) is 0 Å². The highest BCUT2D eigenvalue weighted by molar-refractivity contribution is 5.85. The molecule has 0 radical (unpaired) electrons. The molecule has 3 rings (SSSR count). The quantitative estimate of drug-likeness (QED) is 0.623. The Morgan fingerprint density at radius 1 is 1.19 bits per heavy atom. The summed E-state index contributed by atoms with van der Waals surface area (Å²) >= 11 is 0. The van der Waals surface area contributed by atoms with Gasteiger partial charge in [-0.1, -0.05) is 0 Å². The fourth-order valence-electron chi connectivity index (χ4n) is 1.90. The van der Waals surface area contributed by atoms with Crippen LogP contribution >= 0.6 is 0 Å². The molecular weight excluding hydrogens is 204 g/mol. The van der Waals surface area contributed by atoms with Crippen molar-refractivity contribution < 1.29 is 4.79 Å². The molecule has 0 aliphatic rings. The van der Waals surface area contributed by atoms with Crippen LogP contribution in [0.4, 0.5) is 0 Å². The monoisotopic (exact) mass is 212 g/mol. The zero-order valence-electron chi connectivity index (χ0n) is 8.31. The summed E-state index contributed by atoms with van der Waals surface area (Å²) in [6.07, 6.45) is 2.59. The van der Waals surface area contributed by atoms with Gasteiger partial charge >= 0.3 is 0 Å². The number of aldehydes is 1. The van der Waals surface area contributed by atoms with Crippen LogP contribution in [0.1, 0.15) is 10.4 Å². The van der Waals surface area contributed by atoms with Crippen LogP contribution < -0.4 is 5.56 Å². The number of benzene rings is 1. The summed E-state index contributed by atoms with van der Waals surface area (Å²) in [6.45, 7) is 0. The lowest BCUT2D eigenvalue weighted by Gasteiger charge is -2.02. The fourth-order valence-corrected chi connectivity index (χ4v) is 1.90. The van der Waals surface area contributed by atoms with E-state index >= 15 is 0 Å². The lowest BCUT2D eigenvalue weighted by Crippen LogP contribution is -2.09. The van der Waals surface area contributed by atoms with Crippen molar-refractivity contribution in [2.75, 3.05) is 0 Å². The first-order chi connectivity index (χ1) is 7.79. The van der Waals surface area contributed by atoms with Crippen molar-refractivity contribution in [2.24, 2.45) is 0 Å². The molecule has 0 aliphatic heterocycles. The van der Waals surface area contributed by atoms with Crippen molar-refractivity contribution in [1.82, 2.24) is 9.38 Å². The molecule has 1 aromatic carbocycles. The second-order valence-electron chi connectivity index (χ2n) is 3.61. The Labute approximate surface area is 90.1 Å². The van der Waals surface area contributed by atoms with E-state index in [9.17, 15) is 9.59 Å². The maximum Gasteiger partial charge on any atom is 0.272 e. The Balaban J connectivity index is 2.57. The van der Waals surface area contributed by atoms with Gasteiger partial charge in [-0.05, 0) is 30.3 Å². The van der Waals surface area contributed by atoms with Gasteiger partial charge < -0.3 is 9.38 Å². The van der Waals surface area contributed by atoms with E-state index in [2.05, 4.69) is 4.98 Å². The zero-order valence-corrected chi connectivity index (χ0v) is 8.31. The van der Waals surface area contributed by atoms with Gasteiger partial charge in [-0.2, -0.15) is 0 Å². The van der Waals surface area contributed by atoms with Crippen molar-refractivity contribution >= 4 is 22.8 Å². The number of nitrogens with one attached hydrogen (secondary N) is 1. The first-order valence-electron chi connectivity index (χ1n) is 4.88. The third-order valence-electron chi connectivity index (χ3n) is 2.65. The second-order valence-corrected chi connectivity index (χ2v) is 3.61. The van der Waals surface area contributed by atoms with Gasteiger partial charge in [0.1, 0.15) is 11.8 Å². The van der Waals surface area contributed by atoms with Gasteiger partial charge in [-0.3, -0.25) is 9.59 Å². The zero-order chi connectivity index (χ0) is 11.1. The van der Waals surface area contributed by atoms with E-state index in [1.54, 1.807) is 18.2 Å². The molecule has 0 fully saturated rings. The summed E-state index contributed by atoms with van der Waals surface area (Å²) in [4.78, 5) is 25.1. The second kappa shape index (κ2) is 3.06. The van der Waals surface area contributed by atoms with Crippen LogP contribution in [0.5, 0.6) is 0 Å². The number of fused-ring (bicyclic) bond motifs is 3.